The zero-order valence-corrected chi connectivity index (χ0v) is 17.1. The first-order valence-corrected chi connectivity index (χ1v) is 9.91. The van der Waals surface area contributed by atoms with Gasteiger partial charge in [-0.25, -0.2) is 9.59 Å². The third-order valence-electron chi connectivity index (χ3n) is 5.40. The lowest BCUT2D eigenvalue weighted by Gasteiger charge is -2.28. The maximum absolute atomic E-state index is 13.0. The number of Topliss-reactive ketones (excluding diaryl/α,β-unsaturated/α-hetero) is 1. The molecule has 1 unspecified atom stereocenters. The number of esters is 1. The third-order valence-corrected chi connectivity index (χ3v) is 5.40. The predicted molar refractivity (Wildman–Crippen MR) is 111 cm³/mol. The molecule has 0 saturated carbocycles. The molecule has 0 amide bonds. The number of rotatable bonds is 4. The molecule has 1 atom stereocenters. The van der Waals surface area contributed by atoms with Crippen LogP contribution in [0.25, 0.3) is 11.0 Å². The van der Waals surface area contributed by atoms with Gasteiger partial charge in [-0.15, -0.1) is 0 Å². The zero-order valence-electron chi connectivity index (χ0n) is 17.1. The van der Waals surface area contributed by atoms with Crippen LogP contribution < -0.4 is 10.4 Å². The number of aryl methyl sites for hydroxylation is 2. The second-order valence-electron chi connectivity index (χ2n) is 7.46. The van der Waals surface area contributed by atoms with Gasteiger partial charge in [0.1, 0.15) is 17.4 Å². The van der Waals surface area contributed by atoms with Crippen LogP contribution in [0.15, 0.2) is 45.6 Å². The van der Waals surface area contributed by atoms with Gasteiger partial charge < -0.3 is 13.9 Å². The minimum atomic E-state index is -0.497. The Bertz CT molecular complexity index is 1200. The van der Waals surface area contributed by atoms with Crippen molar-refractivity contribution in [3.63, 3.8) is 0 Å². The van der Waals surface area contributed by atoms with Gasteiger partial charge in [-0.2, -0.15) is 0 Å². The minimum Gasteiger partial charge on any atom is -0.484 e. The number of carbonyl (C=O) groups is 2. The Balaban J connectivity index is 1.84. The van der Waals surface area contributed by atoms with Crippen LogP contribution >= 0.6 is 0 Å². The highest BCUT2D eigenvalue weighted by Crippen LogP contribution is 2.42. The summed E-state index contributed by atoms with van der Waals surface area (Å²) in [6, 6.07) is 10.0. The summed E-state index contributed by atoms with van der Waals surface area (Å²) in [6.45, 7) is 3.84. The smallest absolute Gasteiger partial charge is 0.337 e. The van der Waals surface area contributed by atoms with Crippen LogP contribution in [0, 0.1) is 6.92 Å². The van der Waals surface area contributed by atoms with E-state index in [0.29, 0.717) is 34.3 Å². The van der Waals surface area contributed by atoms with Gasteiger partial charge in [0.2, 0.25) is 0 Å². The SMILES string of the molecule is CCCc1cc(=O)oc2cc(C)c3c(c12)OC(c1ccc(C(=O)OC)cc1)CC3=O. The summed E-state index contributed by atoms with van der Waals surface area (Å²) < 4.78 is 16.5. The maximum Gasteiger partial charge on any atom is 0.337 e. The molecule has 30 heavy (non-hydrogen) atoms. The molecule has 4 rings (SSSR count). The number of hydrogen-bond donors (Lipinski definition) is 0. The van der Waals surface area contributed by atoms with Crippen LogP contribution in [0.5, 0.6) is 5.75 Å². The molecule has 1 aliphatic heterocycles. The average molecular weight is 406 g/mol. The van der Waals surface area contributed by atoms with E-state index in [1.54, 1.807) is 30.3 Å². The molecule has 2 heterocycles. The maximum atomic E-state index is 13.0. The van der Waals surface area contributed by atoms with Crippen LogP contribution in [0.2, 0.25) is 0 Å². The molecule has 0 saturated heterocycles. The number of carbonyl (C=O) groups excluding carboxylic acids is 2. The largest absolute Gasteiger partial charge is 0.484 e. The first-order valence-electron chi connectivity index (χ1n) is 9.91. The molecule has 154 valence electrons. The summed E-state index contributed by atoms with van der Waals surface area (Å²) in [5.74, 6) is 0.0234. The van der Waals surface area contributed by atoms with Crippen molar-refractivity contribution in [3.8, 4) is 5.75 Å². The lowest BCUT2D eigenvalue weighted by atomic mass is 9.90. The van der Waals surface area contributed by atoms with Gasteiger partial charge in [-0.05, 0) is 48.2 Å². The summed E-state index contributed by atoms with van der Waals surface area (Å²) >= 11 is 0. The highest BCUT2D eigenvalue weighted by molar-refractivity contribution is 6.07. The molecule has 1 aliphatic rings. The van der Waals surface area contributed by atoms with Crippen LogP contribution in [0.3, 0.4) is 0 Å². The van der Waals surface area contributed by atoms with Crippen molar-refractivity contribution in [1.29, 1.82) is 0 Å². The van der Waals surface area contributed by atoms with Gasteiger partial charge in [-0.3, -0.25) is 4.79 Å². The van der Waals surface area contributed by atoms with Crippen molar-refractivity contribution in [3.05, 3.63) is 74.6 Å². The Labute approximate surface area is 173 Å². The topological polar surface area (TPSA) is 82.8 Å². The quantitative estimate of drug-likeness (QED) is 0.467. The van der Waals surface area contributed by atoms with E-state index in [0.717, 1.165) is 23.1 Å². The molecule has 0 spiro atoms. The fraction of sp³-hybridized carbons (Fsp3) is 0.292. The minimum absolute atomic E-state index is 0.0219. The zero-order chi connectivity index (χ0) is 21.4. The Morgan fingerprint density at radius 3 is 2.57 bits per heavy atom. The van der Waals surface area contributed by atoms with E-state index in [1.807, 2.05) is 13.8 Å². The highest BCUT2D eigenvalue weighted by Gasteiger charge is 2.32. The average Bonchev–Trinajstić information content (AvgIpc) is 2.72. The molecule has 2 aromatic carbocycles. The summed E-state index contributed by atoms with van der Waals surface area (Å²) in [5, 5.41) is 0.682. The molecule has 0 radical (unpaired) electrons. The van der Waals surface area contributed by atoms with Crippen molar-refractivity contribution in [1.82, 2.24) is 0 Å². The van der Waals surface area contributed by atoms with Crippen molar-refractivity contribution >= 4 is 22.7 Å². The van der Waals surface area contributed by atoms with Crippen LogP contribution in [0.1, 0.15) is 63.3 Å². The third kappa shape index (κ3) is 3.38. The molecule has 6 heteroatoms. The standard InChI is InChI=1S/C24H22O6/c1-4-5-16-11-20(26)29-19-10-13(2)21-17(25)12-18(30-23(21)22(16)19)14-6-8-15(9-7-14)24(27)28-3/h6-11,18H,4-5,12H2,1-3H3. The van der Waals surface area contributed by atoms with Gasteiger partial charge in [0.15, 0.2) is 5.78 Å². The fourth-order valence-electron chi connectivity index (χ4n) is 4.02. The number of fused-ring (bicyclic) bond motifs is 3. The molecule has 0 aliphatic carbocycles. The number of hydrogen-bond acceptors (Lipinski definition) is 6. The molecule has 6 nitrogen and oxygen atoms in total. The van der Waals surface area contributed by atoms with E-state index >= 15 is 0 Å². The van der Waals surface area contributed by atoms with Gasteiger partial charge in [0.25, 0.3) is 0 Å². The molecular formula is C24H22O6. The monoisotopic (exact) mass is 406 g/mol. The molecule has 0 N–H and O–H groups in total. The number of benzene rings is 2. The first kappa shape index (κ1) is 19.9. The van der Waals surface area contributed by atoms with E-state index in [4.69, 9.17) is 13.9 Å². The normalized spacial score (nSPS) is 15.6. The van der Waals surface area contributed by atoms with Gasteiger partial charge in [0, 0.05) is 6.07 Å². The van der Waals surface area contributed by atoms with E-state index < -0.39 is 17.7 Å². The van der Waals surface area contributed by atoms with Crippen molar-refractivity contribution < 1.29 is 23.5 Å². The van der Waals surface area contributed by atoms with Crippen LogP contribution in [-0.4, -0.2) is 18.9 Å². The Hall–Kier alpha value is -3.41. The number of ketones is 1. The Kier molecular flexibility index (Phi) is 5.16. The van der Waals surface area contributed by atoms with Crippen molar-refractivity contribution in [2.45, 2.75) is 39.2 Å². The highest BCUT2D eigenvalue weighted by atomic mass is 16.5. The van der Waals surface area contributed by atoms with E-state index in [9.17, 15) is 14.4 Å². The molecular weight excluding hydrogens is 384 g/mol. The lowest BCUT2D eigenvalue weighted by Crippen LogP contribution is -2.22. The lowest BCUT2D eigenvalue weighted by molar-refractivity contribution is 0.0600. The fourth-order valence-corrected chi connectivity index (χ4v) is 4.02. The Morgan fingerprint density at radius 1 is 1.17 bits per heavy atom. The molecule has 0 bridgehead atoms. The van der Waals surface area contributed by atoms with Gasteiger partial charge >= 0.3 is 11.6 Å². The molecule has 1 aromatic heterocycles. The summed E-state index contributed by atoms with van der Waals surface area (Å²) in [7, 11) is 1.33. The number of ether oxygens (including phenoxy) is 2. The predicted octanol–water partition coefficient (Wildman–Crippen LogP) is 4.55. The van der Waals surface area contributed by atoms with Crippen molar-refractivity contribution in [2.75, 3.05) is 7.11 Å². The van der Waals surface area contributed by atoms with Crippen LogP contribution in [0.4, 0.5) is 0 Å². The van der Waals surface area contributed by atoms with E-state index in [2.05, 4.69) is 0 Å². The van der Waals surface area contributed by atoms with Gasteiger partial charge in [0.05, 0.1) is 30.0 Å². The summed E-state index contributed by atoms with van der Waals surface area (Å²) in [4.78, 5) is 36.7. The molecule has 3 aromatic rings. The summed E-state index contributed by atoms with van der Waals surface area (Å²) in [6.07, 6.45) is 1.21. The van der Waals surface area contributed by atoms with Crippen molar-refractivity contribution in [2.24, 2.45) is 0 Å². The second kappa shape index (κ2) is 7.78. The van der Waals surface area contributed by atoms with Crippen LogP contribution in [-0.2, 0) is 11.2 Å². The first-order chi connectivity index (χ1) is 14.4. The summed E-state index contributed by atoms with van der Waals surface area (Å²) in [5.41, 5.74) is 3.30. The Morgan fingerprint density at radius 2 is 1.90 bits per heavy atom. The number of methoxy groups -OCH3 is 1. The van der Waals surface area contributed by atoms with Gasteiger partial charge in [-0.1, -0.05) is 25.5 Å². The molecule has 0 fully saturated rings. The van der Waals surface area contributed by atoms with E-state index in [-0.39, 0.29) is 12.2 Å². The van der Waals surface area contributed by atoms with E-state index in [1.165, 1.54) is 13.2 Å². The second-order valence-corrected chi connectivity index (χ2v) is 7.46.